The van der Waals surface area contributed by atoms with Crippen LogP contribution >= 0.6 is 0 Å². The van der Waals surface area contributed by atoms with Gasteiger partial charge in [0.15, 0.2) is 5.96 Å². The van der Waals surface area contributed by atoms with Gasteiger partial charge in [0, 0.05) is 26.3 Å². The minimum atomic E-state index is 0.563. The first-order valence-corrected chi connectivity index (χ1v) is 5.80. The molecule has 0 aliphatic carbocycles. The molecule has 0 radical (unpaired) electrons. The molecule has 0 bridgehead atoms. The first-order chi connectivity index (χ1) is 7.18. The molecule has 0 unspecified atom stereocenters. The number of aliphatic imine (C=N–C) groups is 1. The molecule has 1 aliphatic heterocycles. The molecule has 1 saturated heterocycles. The zero-order chi connectivity index (χ0) is 11.1. The lowest BCUT2D eigenvalue weighted by Gasteiger charge is -2.22. The van der Waals surface area contributed by atoms with Gasteiger partial charge in [-0.15, -0.1) is 0 Å². The molecule has 0 amide bonds. The number of ether oxygens (including phenoxy) is 1. The van der Waals surface area contributed by atoms with Crippen molar-refractivity contribution in [3.05, 3.63) is 0 Å². The van der Waals surface area contributed by atoms with Gasteiger partial charge in [-0.1, -0.05) is 13.8 Å². The number of nitrogens with zero attached hydrogens (tertiary/aromatic N) is 1. The number of guanidine groups is 1. The molecule has 4 heteroatoms. The topological polar surface area (TPSA) is 59.6 Å². The lowest BCUT2D eigenvalue weighted by Crippen LogP contribution is -2.37. The van der Waals surface area contributed by atoms with E-state index in [9.17, 15) is 0 Å². The summed E-state index contributed by atoms with van der Waals surface area (Å²) in [5.41, 5.74) is 5.75. The summed E-state index contributed by atoms with van der Waals surface area (Å²) in [7, 11) is 0. The average molecular weight is 213 g/mol. The highest BCUT2D eigenvalue weighted by atomic mass is 16.5. The summed E-state index contributed by atoms with van der Waals surface area (Å²) in [5, 5.41) is 3.18. The smallest absolute Gasteiger partial charge is 0.188 e. The standard InChI is InChI=1S/C11H23N3O/c1-9(2)7-13-11(12)14-8-10-3-5-15-6-4-10/h9-10H,3-8H2,1-2H3,(H3,12,13,14). The van der Waals surface area contributed by atoms with Crippen LogP contribution in [0.4, 0.5) is 0 Å². The SMILES string of the molecule is CC(C)CN=C(N)NCC1CCOCC1. The van der Waals surface area contributed by atoms with Crippen molar-refractivity contribution in [2.45, 2.75) is 26.7 Å². The van der Waals surface area contributed by atoms with E-state index in [1.54, 1.807) is 0 Å². The Labute approximate surface area is 92.3 Å². The molecule has 1 rings (SSSR count). The molecule has 1 aliphatic rings. The predicted molar refractivity (Wildman–Crippen MR) is 62.9 cm³/mol. The highest BCUT2D eigenvalue weighted by Gasteiger charge is 2.13. The Balaban J connectivity index is 2.14. The zero-order valence-corrected chi connectivity index (χ0v) is 9.83. The van der Waals surface area contributed by atoms with Crippen molar-refractivity contribution < 1.29 is 4.74 Å². The maximum absolute atomic E-state index is 5.75. The number of hydrogen-bond donors (Lipinski definition) is 2. The van der Waals surface area contributed by atoms with Crippen LogP contribution in [-0.2, 0) is 4.74 Å². The van der Waals surface area contributed by atoms with Crippen molar-refractivity contribution in [3.63, 3.8) is 0 Å². The van der Waals surface area contributed by atoms with E-state index in [1.807, 2.05) is 0 Å². The van der Waals surface area contributed by atoms with Crippen LogP contribution in [0, 0.1) is 11.8 Å². The van der Waals surface area contributed by atoms with Gasteiger partial charge in [-0.3, -0.25) is 4.99 Å². The van der Waals surface area contributed by atoms with E-state index in [4.69, 9.17) is 10.5 Å². The van der Waals surface area contributed by atoms with Gasteiger partial charge in [0.05, 0.1) is 0 Å². The second-order valence-corrected chi connectivity index (χ2v) is 4.56. The Bertz CT molecular complexity index is 198. The summed E-state index contributed by atoms with van der Waals surface area (Å²) < 4.78 is 5.30. The van der Waals surface area contributed by atoms with Crippen LogP contribution in [0.25, 0.3) is 0 Å². The molecule has 0 aromatic heterocycles. The van der Waals surface area contributed by atoms with Crippen LogP contribution in [0.3, 0.4) is 0 Å². The molecular formula is C11H23N3O. The van der Waals surface area contributed by atoms with Crippen LogP contribution in [0.5, 0.6) is 0 Å². The monoisotopic (exact) mass is 213 g/mol. The molecule has 0 saturated carbocycles. The van der Waals surface area contributed by atoms with Gasteiger partial charge >= 0.3 is 0 Å². The quantitative estimate of drug-likeness (QED) is 0.540. The third-order valence-electron chi connectivity index (χ3n) is 2.54. The maximum atomic E-state index is 5.75. The van der Waals surface area contributed by atoms with Gasteiger partial charge in [-0.05, 0) is 24.7 Å². The molecule has 4 nitrogen and oxygen atoms in total. The van der Waals surface area contributed by atoms with Crippen LogP contribution < -0.4 is 11.1 Å². The van der Waals surface area contributed by atoms with E-state index < -0.39 is 0 Å². The largest absolute Gasteiger partial charge is 0.381 e. The Morgan fingerprint density at radius 1 is 1.47 bits per heavy atom. The highest BCUT2D eigenvalue weighted by Crippen LogP contribution is 2.12. The van der Waals surface area contributed by atoms with Gasteiger partial charge in [0.2, 0.25) is 0 Å². The summed E-state index contributed by atoms with van der Waals surface area (Å²) in [6, 6.07) is 0. The normalized spacial score (nSPS) is 19.5. The van der Waals surface area contributed by atoms with Gasteiger partial charge < -0.3 is 15.8 Å². The lowest BCUT2D eigenvalue weighted by atomic mass is 10.0. The Hall–Kier alpha value is -0.770. The first-order valence-electron chi connectivity index (χ1n) is 5.80. The number of rotatable bonds is 4. The summed E-state index contributed by atoms with van der Waals surface area (Å²) in [4.78, 5) is 4.26. The van der Waals surface area contributed by atoms with E-state index in [0.717, 1.165) is 39.1 Å². The molecule has 0 aromatic carbocycles. The predicted octanol–water partition coefficient (Wildman–Crippen LogP) is 0.973. The third kappa shape index (κ3) is 5.62. The second kappa shape index (κ2) is 6.67. The molecule has 0 atom stereocenters. The summed E-state index contributed by atoms with van der Waals surface area (Å²) >= 11 is 0. The molecular weight excluding hydrogens is 190 g/mol. The number of hydrogen-bond acceptors (Lipinski definition) is 2. The van der Waals surface area contributed by atoms with Crippen molar-refractivity contribution in [2.75, 3.05) is 26.3 Å². The van der Waals surface area contributed by atoms with E-state index in [-0.39, 0.29) is 0 Å². The van der Waals surface area contributed by atoms with Crippen molar-refractivity contribution in [1.29, 1.82) is 0 Å². The number of nitrogens with one attached hydrogen (secondary N) is 1. The summed E-state index contributed by atoms with van der Waals surface area (Å²) in [5.74, 6) is 1.83. The number of nitrogens with two attached hydrogens (primary N) is 1. The summed E-state index contributed by atoms with van der Waals surface area (Å²) in [6.45, 7) is 7.76. The van der Waals surface area contributed by atoms with E-state index in [0.29, 0.717) is 17.8 Å². The lowest BCUT2D eigenvalue weighted by molar-refractivity contribution is 0.0676. The fourth-order valence-corrected chi connectivity index (χ4v) is 1.54. The van der Waals surface area contributed by atoms with Gasteiger partial charge in [0.25, 0.3) is 0 Å². The molecule has 1 heterocycles. The van der Waals surface area contributed by atoms with Gasteiger partial charge in [-0.2, -0.15) is 0 Å². The fraction of sp³-hybridized carbons (Fsp3) is 0.909. The third-order valence-corrected chi connectivity index (χ3v) is 2.54. The second-order valence-electron chi connectivity index (χ2n) is 4.56. The van der Waals surface area contributed by atoms with Crippen LogP contribution in [-0.4, -0.2) is 32.3 Å². The first kappa shape index (κ1) is 12.3. The molecule has 3 N–H and O–H groups in total. The molecule has 0 spiro atoms. The zero-order valence-electron chi connectivity index (χ0n) is 9.83. The van der Waals surface area contributed by atoms with E-state index in [2.05, 4.69) is 24.2 Å². The van der Waals surface area contributed by atoms with Crippen molar-refractivity contribution in [2.24, 2.45) is 22.6 Å². The highest BCUT2D eigenvalue weighted by molar-refractivity contribution is 5.77. The molecule has 0 aromatic rings. The van der Waals surface area contributed by atoms with Gasteiger partial charge in [0.1, 0.15) is 0 Å². The van der Waals surface area contributed by atoms with Crippen molar-refractivity contribution in [3.8, 4) is 0 Å². The Kier molecular flexibility index (Phi) is 5.47. The Morgan fingerprint density at radius 2 is 2.13 bits per heavy atom. The van der Waals surface area contributed by atoms with E-state index in [1.165, 1.54) is 0 Å². The minimum Gasteiger partial charge on any atom is -0.381 e. The van der Waals surface area contributed by atoms with Crippen molar-refractivity contribution in [1.82, 2.24) is 5.32 Å². The van der Waals surface area contributed by atoms with Crippen LogP contribution in [0.2, 0.25) is 0 Å². The molecule has 88 valence electrons. The van der Waals surface area contributed by atoms with Crippen LogP contribution in [0.1, 0.15) is 26.7 Å². The van der Waals surface area contributed by atoms with Crippen LogP contribution in [0.15, 0.2) is 4.99 Å². The minimum absolute atomic E-state index is 0.563. The average Bonchev–Trinajstić information content (AvgIpc) is 2.25. The summed E-state index contributed by atoms with van der Waals surface area (Å²) in [6.07, 6.45) is 2.26. The van der Waals surface area contributed by atoms with Crippen molar-refractivity contribution >= 4 is 5.96 Å². The maximum Gasteiger partial charge on any atom is 0.188 e. The molecule has 1 fully saturated rings. The fourth-order valence-electron chi connectivity index (χ4n) is 1.54. The Morgan fingerprint density at radius 3 is 2.73 bits per heavy atom. The van der Waals surface area contributed by atoms with Gasteiger partial charge in [-0.25, -0.2) is 0 Å². The molecule has 15 heavy (non-hydrogen) atoms. The van der Waals surface area contributed by atoms with E-state index >= 15 is 0 Å².